The molecule has 0 unspecified atom stereocenters. The molecule has 1 aromatic rings. The van der Waals surface area contributed by atoms with Crippen LogP contribution < -0.4 is 5.32 Å². The number of nitrogens with zero attached hydrogens (tertiary/aromatic N) is 1. The van der Waals surface area contributed by atoms with Crippen LogP contribution in [0.2, 0.25) is 0 Å². The van der Waals surface area contributed by atoms with Gasteiger partial charge in [0.1, 0.15) is 6.07 Å². The Labute approximate surface area is 108 Å². The molecule has 0 fully saturated rings. The Morgan fingerprint density at radius 2 is 2.24 bits per heavy atom. The topological polar surface area (TPSA) is 73.1 Å². The van der Waals surface area contributed by atoms with Crippen LogP contribution in [-0.2, 0) is 4.79 Å². The van der Waals surface area contributed by atoms with Crippen molar-refractivity contribution >= 4 is 27.6 Å². The average molecular weight is 297 g/mol. The molecule has 0 heterocycles. The van der Waals surface area contributed by atoms with Gasteiger partial charge < -0.3 is 10.4 Å². The number of halogens is 1. The quantitative estimate of drug-likeness (QED) is 0.792. The van der Waals surface area contributed by atoms with Gasteiger partial charge in [-0.3, -0.25) is 4.79 Å². The molecule has 0 radical (unpaired) electrons. The van der Waals surface area contributed by atoms with Crippen LogP contribution in [0, 0.1) is 11.3 Å². The zero-order valence-corrected chi connectivity index (χ0v) is 10.8. The molecule has 4 nitrogen and oxygen atoms in total. The van der Waals surface area contributed by atoms with E-state index in [1.165, 1.54) is 0 Å². The first-order valence-electron chi connectivity index (χ1n) is 5.29. The van der Waals surface area contributed by atoms with Gasteiger partial charge in [0, 0.05) is 17.4 Å². The van der Waals surface area contributed by atoms with E-state index in [1.54, 1.807) is 6.07 Å². The van der Waals surface area contributed by atoms with E-state index in [0.717, 1.165) is 16.6 Å². The number of hydrogen-bond donors (Lipinski definition) is 2. The molecule has 1 rings (SSSR count). The van der Waals surface area contributed by atoms with Gasteiger partial charge in [0.2, 0.25) is 0 Å². The fourth-order valence-corrected chi connectivity index (χ4v) is 1.75. The van der Waals surface area contributed by atoms with Gasteiger partial charge in [-0.1, -0.05) is 15.9 Å². The molecule has 0 aliphatic rings. The number of aliphatic carboxylic acids is 1. The van der Waals surface area contributed by atoms with Crippen LogP contribution in [0.4, 0.5) is 5.69 Å². The maximum atomic E-state index is 10.3. The van der Waals surface area contributed by atoms with Crippen molar-refractivity contribution in [2.45, 2.75) is 19.3 Å². The van der Waals surface area contributed by atoms with Crippen LogP contribution in [-0.4, -0.2) is 17.6 Å². The second kappa shape index (κ2) is 6.92. The minimum atomic E-state index is -0.773. The summed E-state index contributed by atoms with van der Waals surface area (Å²) in [5, 5.41) is 20.5. The highest BCUT2D eigenvalue weighted by atomic mass is 79.9. The van der Waals surface area contributed by atoms with Gasteiger partial charge in [-0.25, -0.2) is 0 Å². The van der Waals surface area contributed by atoms with Crippen LogP contribution in [0.3, 0.4) is 0 Å². The summed E-state index contributed by atoms with van der Waals surface area (Å²) in [5.41, 5.74) is 1.36. The van der Waals surface area contributed by atoms with Gasteiger partial charge in [-0.2, -0.15) is 5.26 Å². The molecule has 2 N–H and O–H groups in total. The number of rotatable bonds is 6. The first-order valence-corrected chi connectivity index (χ1v) is 6.08. The summed E-state index contributed by atoms with van der Waals surface area (Å²) < 4.78 is 0.907. The van der Waals surface area contributed by atoms with Crippen molar-refractivity contribution < 1.29 is 9.90 Å². The lowest BCUT2D eigenvalue weighted by molar-refractivity contribution is -0.137. The SMILES string of the molecule is N#Cc1ccc(Br)cc1NCCCCC(=O)O. The molecule has 0 spiro atoms. The molecular formula is C12H13BrN2O2. The second-order valence-electron chi connectivity index (χ2n) is 3.58. The largest absolute Gasteiger partial charge is 0.481 e. The molecule has 0 saturated carbocycles. The Hall–Kier alpha value is -1.54. The summed E-state index contributed by atoms with van der Waals surface area (Å²) in [6.45, 7) is 0.665. The first-order chi connectivity index (χ1) is 8.13. The molecule has 0 atom stereocenters. The number of nitrogens with one attached hydrogen (secondary N) is 1. The van der Waals surface area contributed by atoms with Crippen molar-refractivity contribution in [2.24, 2.45) is 0 Å². The number of unbranched alkanes of at least 4 members (excludes halogenated alkanes) is 1. The van der Waals surface area contributed by atoms with Crippen molar-refractivity contribution in [3.05, 3.63) is 28.2 Å². The summed E-state index contributed by atoms with van der Waals surface area (Å²) in [5.74, 6) is -0.773. The maximum absolute atomic E-state index is 10.3. The highest BCUT2D eigenvalue weighted by Crippen LogP contribution is 2.20. The number of benzene rings is 1. The van der Waals surface area contributed by atoms with E-state index >= 15 is 0 Å². The summed E-state index contributed by atoms with van der Waals surface area (Å²) in [6.07, 6.45) is 1.59. The average Bonchev–Trinajstić information content (AvgIpc) is 2.28. The Morgan fingerprint density at radius 3 is 2.88 bits per heavy atom. The Balaban J connectivity index is 2.43. The summed E-state index contributed by atoms with van der Waals surface area (Å²) >= 11 is 3.34. The van der Waals surface area contributed by atoms with Crippen LogP contribution in [0.15, 0.2) is 22.7 Å². The summed E-state index contributed by atoms with van der Waals surface area (Å²) in [6, 6.07) is 7.50. The molecule has 0 aliphatic heterocycles. The normalized spacial score (nSPS) is 9.65. The van der Waals surface area contributed by atoms with Crippen LogP contribution in [0.25, 0.3) is 0 Å². The third kappa shape index (κ3) is 4.87. The maximum Gasteiger partial charge on any atom is 0.303 e. The number of anilines is 1. The van der Waals surface area contributed by atoms with Crippen molar-refractivity contribution in [3.8, 4) is 6.07 Å². The van der Waals surface area contributed by atoms with Gasteiger partial charge in [0.25, 0.3) is 0 Å². The highest BCUT2D eigenvalue weighted by molar-refractivity contribution is 9.10. The lowest BCUT2D eigenvalue weighted by atomic mass is 10.2. The first kappa shape index (κ1) is 13.5. The molecule has 0 amide bonds. The zero-order chi connectivity index (χ0) is 12.7. The third-order valence-corrected chi connectivity index (χ3v) is 2.73. The van der Waals surface area contributed by atoms with E-state index < -0.39 is 5.97 Å². The van der Waals surface area contributed by atoms with E-state index in [0.29, 0.717) is 18.5 Å². The fourth-order valence-electron chi connectivity index (χ4n) is 1.38. The van der Waals surface area contributed by atoms with Gasteiger partial charge in [0.05, 0.1) is 11.3 Å². The Bertz CT molecular complexity index is 441. The molecule has 0 saturated heterocycles. The van der Waals surface area contributed by atoms with Gasteiger partial charge in [-0.15, -0.1) is 0 Å². The van der Waals surface area contributed by atoms with Crippen LogP contribution >= 0.6 is 15.9 Å². The van der Waals surface area contributed by atoms with Crippen LogP contribution in [0.1, 0.15) is 24.8 Å². The number of carboxylic acids is 1. The van der Waals surface area contributed by atoms with E-state index in [2.05, 4.69) is 27.3 Å². The minimum Gasteiger partial charge on any atom is -0.481 e. The van der Waals surface area contributed by atoms with E-state index in [1.807, 2.05) is 12.1 Å². The molecule has 17 heavy (non-hydrogen) atoms. The highest BCUT2D eigenvalue weighted by Gasteiger charge is 2.02. The second-order valence-corrected chi connectivity index (χ2v) is 4.50. The van der Waals surface area contributed by atoms with Gasteiger partial charge in [0.15, 0.2) is 0 Å². The van der Waals surface area contributed by atoms with Crippen molar-refractivity contribution in [1.29, 1.82) is 5.26 Å². The number of carboxylic acid groups (broad SMARTS) is 1. The molecule has 1 aromatic carbocycles. The monoisotopic (exact) mass is 296 g/mol. The predicted octanol–water partition coefficient (Wildman–Crippen LogP) is 2.99. The molecule has 0 aromatic heterocycles. The Morgan fingerprint density at radius 1 is 1.47 bits per heavy atom. The Kier molecular flexibility index (Phi) is 5.50. The molecule has 90 valence electrons. The van der Waals surface area contributed by atoms with E-state index in [9.17, 15) is 4.79 Å². The number of carbonyl (C=O) groups is 1. The van der Waals surface area contributed by atoms with Gasteiger partial charge >= 0.3 is 5.97 Å². The molecule has 0 aliphatic carbocycles. The summed E-state index contributed by atoms with van der Waals surface area (Å²) in [4.78, 5) is 10.3. The molecule has 5 heteroatoms. The summed E-state index contributed by atoms with van der Waals surface area (Å²) in [7, 11) is 0. The predicted molar refractivity (Wildman–Crippen MR) is 68.8 cm³/mol. The standard InChI is InChI=1S/C12H13BrN2O2/c13-10-5-4-9(8-14)11(7-10)15-6-2-1-3-12(16)17/h4-5,7,15H,1-3,6H2,(H,16,17). The van der Waals surface area contributed by atoms with Crippen LogP contribution in [0.5, 0.6) is 0 Å². The van der Waals surface area contributed by atoms with Crippen molar-refractivity contribution in [1.82, 2.24) is 0 Å². The fraction of sp³-hybridized carbons (Fsp3) is 0.333. The van der Waals surface area contributed by atoms with Gasteiger partial charge in [-0.05, 0) is 31.0 Å². The molecular weight excluding hydrogens is 284 g/mol. The zero-order valence-electron chi connectivity index (χ0n) is 9.24. The lowest BCUT2D eigenvalue weighted by Crippen LogP contribution is -2.04. The van der Waals surface area contributed by atoms with Crippen molar-refractivity contribution in [3.63, 3.8) is 0 Å². The lowest BCUT2D eigenvalue weighted by Gasteiger charge is -2.08. The minimum absolute atomic E-state index is 0.186. The third-order valence-electron chi connectivity index (χ3n) is 2.23. The number of hydrogen-bond acceptors (Lipinski definition) is 3. The van der Waals surface area contributed by atoms with E-state index in [-0.39, 0.29) is 6.42 Å². The smallest absolute Gasteiger partial charge is 0.303 e. The van der Waals surface area contributed by atoms with E-state index in [4.69, 9.17) is 10.4 Å². The molecule has 0 bridgehead atoms. The number of nitriles is 1. The van der Waals surface area contributed by atoms with Crippen molar-refractivity contribution in [2.75, 3.05) is 11.9 Å².